The molecule has 31 heavy (non-hydrogen) atoms. The van der Waals surface area contributed by atoms with E-state index in [1.807, 2.05) is 24.4 Å². The molecular formula is C24H26F2N2O3. The van der Waals surface area contributed by atoms with Crippen molar-refractivity contribution < 1.29 is 23.0 Å². The van der Waals surface area contributed by atoms with E-state index in [-0.39, 0.29) is 12.6 Å². The molecule has 1 aliphatic rings. The third-order valence-corrected chi connectivity index (χ3v) is 5.74. The van der Waals surface area contributed by atoms with E-state index in [9.17, 15) is 8.78 Å². The van der Waals surface area contributed by atoms with E-state index < -0.39 is 11.6 Å². The molecule has 0 fully saturated rings. The van der Waals surface area contributed by atoms with Crippen LogP contribution in [0.15, 0.2) is 48.7 Å². The van der Waals surface area contributed by atoms with Crippen LogP contribution in [0.2, 0.25) is 0 Å². The Bertz CT molecular complexity index is 1040. The first-order valence-corrected chi connectivity index (χ1v) is 10.2. The molecule has 2 aromatic carbocycles. The second-order valence-electron chi connectivity index (χ2n) is 7.55. The third-order valence-electron chi connectivity index (χ3n) is 5.74. The molecule has 7 heteroatoms. The number of rotatable bonds is 6. The molecule has 0 saturated heterocycles. The average Bonchev–Trinajstić information content (AvgIpc) is 3.16. The molecule has 0 saturated carbocycles. The van der Waals surface area contributed by atoms with Crippen LogP contribution < -0.4 is 14.2 Å². The Hall–Kier alpha value is -3.06. The van der Waals surface area contributed by atoms with Gasteiger partial charge >= 0.3 is 0 Å². The van der Waals surface area contributed by atoms with Gasteiger partial charge in [-0.05, 0) is 54.4 Å². The predicted molar refractivity (Wildman–Crippen MR) is 114 cm³/mol. The average molecular weight is 428 g/mol. The topological polar surface area (TPSA) is 35.9 Å². The monoisotopic (exact) mass is 428 g/mol. The maximum atomic E-state index is 14.5. The Morgan fingerprint density at radius 3 is 2.35 bits per heavy atom. The summed E-state index contributed by atoms with van der Waals surface area (Å²) in [6, 6.07) is 11.3. The molecule has 0 radical (unpaired) electrons. The number of nitrogens with zero attached hydrogens (tertiary/aromatic N) is 2. The molecule has 0 aliphatic carbocycles. The van der Waals surface area contributed by atoms with Crippen molar-refractivity contribution in [2.75, 3.05) is 27.9 Å². The van der Waals surface area contributed by atoms with Crippen molar-refractivity contribution in [3.05, 3.63) is 77.1 Å². The SMILES string of the molecule is COc1cc(C2c3cccn3CCCN2Cc2cc(F)ccc2F)cc(OC)c1OC. The van der Waals surface area contributed by atoms with Gasteiger partial charge in [0.2, 0.25) is 5.75 Å². The summed E-state index contributed by atoms with van der Waals surface area (Å²) in [6.45, 7) is 1.85. The van der Waals surface area contributed by atoms with Crippen LogP contribution in [0.25, 0.3) is 0 Å². The maximum Gasteiger partial charge on any atom is 0.203 e. The lowest BCUT2D eigenvalue weighted by Gasteiger charge is -2.31. The summed E-state index contributed by atoms with van der Waals surface area (Å²) < 4.78 is 47.1. The first-order valence-electron chi connectivity index (χ1n) is 10.2. The van der Waals surface area contributed by atoms with E-state index in [2.05, 4.69) is 15.5 Å². The van der Waals surface area contributed by atoms with E-state index in [1.165, 1.54) is 12.1 Å². The summed E-state index contributed by atoms with van der Waals surface area (Å²) in [5, 5.41) is 0. The Labute approximate surface area is 180 Å². The van der Waals surface area contributed by atoms with Crippen LogP contribution in [-0.4, -0.2) is 37.3 Å². The van der Waals surface area contributed by atoms with Crippen molar-refractivity contribution in [3.8, 4) is 17.2 Å². The van der Waals surface area contributed by atoms with E-state index in [0.717, 1.165) is 36.8 Å². The van der Waals surface area contributed by atoms with E-state index in [4.69, 9.17) is 14.2 Å². The number of halogens is 2. The quantitative estimate of drug-likeness (QED) is 0.566. The molecule has 1 atom stereocenters. The smallest absolute Gasteiger partial charge is 0.203 e. The molecule has 1 aliphatic heterocycles. The van der Waals surface area contributed by atoms with Crippen molar-refractivity contribution in [1.82, 2.24) is 9.47 Å². The molecule has 2 heterocycles. The molecule has 0 N–H and O–H groups in total. The Morgan fingerprint density at radius 1 is 0.935 bits per heavy atom. The highest BCUT2D eigenvalue weighted by Crippen LogP contribution is 2.43. The second-order valence-corrected chi connectivity index (χ2v) is 7.55. The van der Waals surface area contributed by atoms with E-state index in [0.29, 0.717) is 22.8 Å². The van der Waals surface area contributed by atoms with Gasteiger partial charge in [0.1, 0.15) is 11.6 Å². The van der Waals surface area contributed by atoms with Gasteiger partial charge in [-0.3, -0.25) is 4.90 Å². The highest BCUT2D eigenvalue weighted by Gasteiger charge is 2.30. The molecule has 0 spiro atoms. The Morgan fingerprint density at radius 2 is 1.68 bits per heavy atom. The number of hydrogen-bond donors (Lipinski definition) is 0. The van der Waals surface area contributed by atoms with Gasteiger partial charge in [-0.15, -0.1) is 0 Å². The minimum absolute atomic E-state index is 0.200. The van der Waals surface area contributed by atoms with Crippen LogP contribution in [0.4, 0.5) is 8.78 Å². The van der Waals surface area contributed by atoms with Crippen molar-refractivity contribution in [2.45, 2.75) is 25.6 Å². The molecule has 0 amide bonds. The predicted octanol–water partition coefficient (Wildman–Crippen LogP) is 4.79. The van der Waals surface area contributed by atoms with Crippen molar-refractivity contribution >= 4 is 0 Å². The number of methoxy groups -OCH3 is 3. The van der Waals surface area contributed by atoms with Crippen LogP contribution in [0.5, 0.6) is 17.2 Å². The van der Waals surface area contributed by atoms with Crippen molar-refractivity contribution in [2.24, 2.45) is 0 Å². The highest BCUT2D eigenvalue weighted by molar-refractivity contribution is 5.55. The van der Waals surface area contributed by atoms with Crippen LogP contribution in [0.1, 0.15) is 29.3 Å². The minimum Gasteiger partial charge on any atom is -0.493 e. The zero-order valence-electron chi connectivity index (χ0n) is 17.9. The Kier molecular flexibility index (Phi) is 6.13. The van der Waals surface area contributed by atoms with Crippen LogP contribution in [0.3, 0.4) is 0 Å². The standard InChI is InChI=1S/C24H26F2N2O3/c1-29-21-13-16(14-22(30-2)24(21)31-3)23-20-6-4-9-27(20)10-5-11-28(23)15-17-12-18(25)7-8-19(17)26/h4,6-9,12-14,23H,5,10-11,15H2,1-3H3. The van der Waals surface area contributed by atoms with Gasteiger partial charge in [-0.25, -0.2) is 8.78 Å². The number of ether oxygens (including phenoxy) is 3. The summed E-state index contributed by atoms with van der Waals surface area (Å²) in [5.74, 6) is 0.760. The molecule has 164 valence electrons. The Balaban J connectivity index is 1.83. The summed E-state index contributed by atoms with van der Waals surface area (Å²) in [6.07, 6.45) is 2.94. The zero-order chi connectivity index (χ0) is 22.0. The molecule has 4 rings (SSSR count). The third kappa shape index (κ3) is 4.10. The lowest BCUT2D eigenvalue weighted by molar-refractivity contribution is 0.216. The molecule has 1 unspecified atom stereocenters. The van der Waals surface area contributed by atoms with Gasteiger partial charge in [-0.2, -0.15) is 0 Å². The lowest BCUT2D eigenvalue weighted by Crippen LogP contribution is -2.30. The van der Waals surface area contributed by atoms with Crippen LogP contribution in [-0.2, 0) is 13.1 Å². The van der Waals surface area contributed by atoms with Crippen molar-refractivity contribution in [1.29, 1.82) is 0 Å². The first-order chi connectivity index (χ1) is 15.0. The molecule has 3 aromatic rings. The minimum atomic E-state index is -0.445. The van der Waals surface area contributed by atoms with Crippen molar-refractivity contribution in [3.63, 3.8) is 0 Å². The summed E-state index contributed by atoms with van der Waals surface area (Å²) in [5.41, 5.74) is 2.33. The maximum absolute atomic E-state index is 14.5. The van der Waals surface area contributed by atoms with Gasteiger partial charge in [0.25, 0.3) is 0 Å². The number of aromatic nitrogens is 1. The summed E-state index contributed by atoms with van der Waals surface area (Å²) in [4.78, 5) is 2.16. The highest BCUT2D eigenvalue weighted by atomic mass is 19.1. The lowest BCUT2D eigenvalue weighted by atomic mass is 9.99. The first kappa shape index (κ1) is 21.2. The van der Waals surface area contributed by atoms with Crippen LogP contribution in [0, 0.1) is 11.6 Å². The van der Waals surface area contributed by atoms with Crippen LogP contribution >= 0.6 is 0 Å². The number of benzene rings is 2. The largest absolute Gasteiger partial charge is 0.493 e. The molecular weight excluding hydrogens is 402 g/mol. The number of fused-ring (bicyclic) bond motifs is 1. The fourth-order valence-electron chi connectivity index (χ4n) is 4.33. The normalized spacial score (nSPS) is 16.5. The van der Waals surface area contributed by atoms with Gasteiger partial charge in [0.15, 0.2) is 11.5 Å². The second kappa shape index (κ2) is 8.98. The fraction of sp³-hybridized carbons (Fsp3) is 0.333. The number of hydrogen-bond acceptors (Lipinski definition) is 4. The van der Waals surface area contributed by atoms with Gasteiger partial charge < -0.3 is 18.8 Å². The van der Waals surface area contributed by atoms with Gasteiger partial charge in [0, 0.05) is 37.1 Å². The molecule has 1 aromatic heterocycles. The zero-order valence-corrected chi connectivity index (χ0v) is 17.9. The van der Waals surface area contributed by atoms with Gasteiger partial charge in [0.05, 0.1) is 27.4 Å². The fourth-order valence-corrected chi connectivity index (χ4v) is 4.33. The molecule has 0 bridgehead atoms. The van der Waals surface area contributed by atoms with Gasteiger partial charge in [-0.1, -0.05) is 0 Å². The van der Waals surface area contributed by atoms with E-state index in [1.54, 1.807) is 21.3 Å². The summed E-state index contributed by atoms with van der Waals surface area (Å²) >= 11 is 0. The molecule has 5 nitrogen and oxygen atoms in total. The number of aryl methyl sites for hydroxylation is 1. The van der Waals surface area contributed by atoms with E-state index >= 15 is 0 Å². The summed E-state index contributed by atoms with van der Waals surface area (Å²) in [7, 11) is 4.73.